The Labute approximate surface area is 101 Å². The molecule has 86 valence electrons. The molecule has 2 rings (SSSR count). The van der Waals surface area contributed by atoms with E-state index in [-0.39, 0.29) is 0 Å². The van der Waals surface area contributed by atoms with Gasteiger partial charge in [0.2, 0.25) is 0 Å². The van der Waals surface area contributed by atoms with Crippen LogP contribution in [0.25, 0.3) is 0 Å². The van der Waals surface area contributed by atoms with E-state index in [9.17, 15) is 0 Å². The molecule has 1 heterocycles. The standard InChI is InChI=1S/C14H15N3/c1-10-5-3-6-11(9-10)13(15)12-7-4-8-17-14(12)16-2/h3-9,15H,1-2H3,(H,16,17). The predicted molar refractivity (Wildman–Crippen MR) is 70.9 cm³/mol. The zero-order chi connectivity index (χ0) is 12.3. The van der Waals surface area contributed by atoms with Crippen LogP contribution in [0.2, 0.25) is 0 Å². The molecule has 0 unspecified atom stereocenters. The SMILES string of the molecule is CNc1ncccc1C(=N)c1cccc(C)c1. The van der Waals surface area contributed by atoms with Crippen molar-refractivity contribution in [2.45, 2.75) is 6.92 Å². The van der Waals surface area contributed by atoms with Crippen LogP contribution < -0.4 is 5.32 Å². The Hall–Kier alpha value is -2.16. The zero-order valence-corrected chi connectivity index (χ0v) is 9.99. The van der Waals surface area contributed by atoms with Gasteiger partial charge < -0.3 is 5.32 Å². The normalized spacial score (nSPS) is 10.0. The van der Waals surface area contributed by atoms with Gasteiger partial charge in [0.05, 0.1) is 5.71 Å². The highest BCUT2D eigenvalue weighted by molar-refractivity contribution is 6.13. The van der Waals surface area contributed by atoms with Gasteiger partial charge in [-0.1, -0.05) is 23.8 Å². The maximum atomic E-state index is 8.23. The van der Waals surface area contributed by atoms with Crippen molar-refractivity contribution in [1.82, 2.24) is 4.98 Å². The summed E-state index contributed by atoms with van der Waals surface area (Å²) in [6.45, 7) is 2.03. The minimum absolute atomic E-state index is 0.492. The number of aromatic nitrogens is 1. The zero-order valence-electron chi connectivity index (χ0n) is 9.99. The second-order valence-electron chi connectivity index (χ2n) is 3.89. The van der Waals surface area contributed by atoms with E-state index in [1.54, 1.807) is 6.20 Å². The third-order valence-electron chi connectivity index (χ3n) is 2.62. The number of rotatable bonds is 3. The van der Waals surface area contributed by atoms with E-state index in [2.05, 4.69) is 10.3 Å². The summed E-state index contributed by atoms with van der Waals surface area (Å²) in [4.78, 5) is 4.21. The number of hydrogen-bond donors (Lipinski definition) is 2. The molecule has 3 heteroatoms. The van der Waals surface area contributed by atoms with E-state index >= 15 is 0 Å². The minimum Gasteiger partial charge on any atom is -0.373 e. The molecular formula is C14H15N3. The molecule has 0 atom stereocenters. The van der Waals surface area contributed by atoms with Gasteiger partial charge in [-0.3, -0.25) is 5.41 Å². The maximum absolute atomic E-state index is 8.23. The van der Waals surface area contributed by atoms with Crippen molar-refractivity contribution in [2.75, 3.05) is 12.4 Å². The fourth-order valence-electron chi connectivity index (χ4n) is 1.76. The first-order valence-corrected chi connectivity index (χ1v) is 5.51. The average molecular weight is 225 g/mol. The largest absolute Gasteiger partial charge is 0.373 e. The molecular weight excluding hydrogens is 210 g/mol. The van der Waals surface area contributed by atoms with Crippen LogP contribution in [-0.4, -0.2) is 17.7 Å². The Bertz CT molecular complexity index is 547. The molecule has 0 spiro atoms. The molecule has 0 radical (unpaired) electrons. The van der Waals surface area contributed by atoms with E-state index in [0.717, 1.165) is 22.5 Å². The Morgan fingerprint density at radius 1 is 1.24 bits per heavy atom. The number of nitrogens with one attached hydrogen (secondary N) is 2. The lowest BCUT2D eigenvalue weighted by molar-refractivity contribution is 1.27. The lowest BCUT2D eigenvalue weighted by atomic mass is 10.0. The number of benzene rings is 1. The van der Waals surface area contributed by atoms with Crippen molar-refractivity contribution in [3.05, 3.63) is 59.3 Å². The van der Waals surface area contributed by atoms with Crippen LogP contribution in [0.3, 0.4) is 0 Å². The fraction of sp³-hybridized carbons (Fsp3) is 0.143. The van der Waals surface area contributed by atoms with E-state index in [1.807, 2.05) is 50.4 Å². The molecule has 0 saturated heterocycles. The molecule has 2 aromatic rings. The summed E-state index contributed by atoms with van der Waals surface area (Å²) in [7, 11) is 1.81. The van der Waals surface area contributed by atoms with Crippen molar-refractivity contribution in [1.29, 1.82) is 5.41 Å². The van der Waals surface area contributed by atoms with Crippen molar-refractivity contribution < 1.29 is 0 Å². The first kappa shape index (κ1) is 11.3. The maximum Gasteiger partial charge on any atom is 0.135 e. The highest BCUT2D eigenvalue weighted by Crippen LogP contribution is 2.16. The molecule has 1 aromatic heterocycles. The van der Waals surface area contributed by atoms with Gasteiger partial charge in [-0.2, -0.15) is 0 Å². The fourth-order valence-corrected chi connectivity index (χ4v) is 1.76. The van der Waals surface area contributed by atoms with Gasteiger partial charge in [0.1, 0.15) is 5.82 Å². The Balaban J connectivity index is 2.44. The number of anilines is 1. The monoisotopic (exact) mass is 225 g/mol. The number of pyridine rings is 1. The number of nitrogens with zero attached hydrogens (tertiary/aromatic N) is 1. The molecule has 0 amide bonds. The van der Waals surface area contributed by atoms with Crippen LogP contribution >= 0.6 is 0 Å². The second-order valence-corrected chi connectivity index (χ2v) is 3.89. The third-order valence-corrected chi connectivity index (χ3v) is 2.62. The molecule has 0 bridgehead atoms. The molecule has 17 heavy (non-hydrogen) atoms. The van der Waals surface area contributed by atoms with Crippen LogP contribution in [0.15, 0.2) is 42.6 Å². The highest BCUT2D eigenvalue weighted by Gasteiger charge is 2.09. The van der Waals surface area contributed by atoms with Crippen molar-refractivity contribution in [3.8, 4) is 0 Å². The van der Waals surface area contributed by atoms with E-state index < -0.39 is 0 Å². The molecule has 3 nitrogen and oxygen atoms in total. The van der Waals surface area contributed by atoms with Crippen molar-refractivity contribution >= 4 is 11.5 Å². The Morgan fingerprint density at radius 2 is 2.06 bits per heavy atom. The molecule has 0 aliphatic heterocycles. The third kappa shape index (κ3) is 2.33. The van der Waals surface area contributed by atoms with Crippen molar-refractivity contribution in [3.63, 3.8) is 0 Å². The van der Waals surface area contributed by atoms with Crippen LogP contribution in [0.1, 0.15) is 16.7 Å². The second kappa shape index (κ2) is 4.78. The van der Waals surface area contributed by atoms with Crippen LogP contribution in [-0.2, 0) is 0 Å². The summed E-state index contributed by atoms with van der Waals surface area (Å²) in [5, 5.41) is 11.2. The number of hydrogen-bond acceptors (Lipinski definition) is 3. The van der Waals surface area contributed by atoms with Gasteiger partial charge in [0, 0.05) is 24.4 Å². The minimum atomic E-state index is 0.492. The van der Waals surface area contributed by atoms with E-state index in [1.165, 1.54) is 0 Å². The molecule has 0 aliphatic rings. The lowest BCUT2D eigenvalue weighted by Gasteiger charge is -2.09. The Kier molecular flexibility index (Phi) is 3.19. The summed E-state index contributed by atoms with van der Waals surface area (Å²) < 4.78 is 0. The lowest BCUT2D eigenvalue weighted by Crippen LogP contribution is -2.07. The summed E-state index contributed by atoms with van der Waals surface area (Å²) in [5.74, 6) is 0.735. The first-order chi connectivity index (χ1) is 8.22. The summed E-state index contributed by atoms with van der Waals surface area (Å²) in [5.41, 5.74) is 3.38. The topological polar surface area (TPSA) is 48.8 Å². The smallest absolute Gasteiger partial charge is 0.135 e. The summed E-state index contributed by atoms with van der Waals surface area (Å²) >= 11 is 0. The average Bonchev–Trinajstić information content (AvgIpc) is 2.38. The van der Waals surface area contributed by atoms with Crippen LogP contribution in [0.5, 0.6) is 0 Å². The van der Waals surface area contributed by atoms with Gasteiger partial charge in [-0.05, 0) is 25.1 Å². The highest BCUT2D eigenvalue weighted by atomic mass is 15.0. The first-order valence-electron chi connectivity index (χ1n) is 5.51. The van der Waals surface area contributed by atoms with Gasteiger partial charge in [-0.15, -0.1) is 0 Å². The molecule has 0 aliphatic carbocycles. The van der Waals surface area contributed by atoms with Crippen LogP contribution in [0, 0.1) is 12.3 Å². The molecule has 2 N–H and O–H groups in total. The molecule has 0 saturated carbocycles. The van der Waals surface area contributed by atoms with Gasteiger partial charge >= 0.3 is 0 Å². The molecule has 0 fully saturated rings. The van der Waals surface area contributed by atoms with Gasteiger partial charge in [0.15, 0.2) is 0 Å². The molecule has 1 aromatic carbocycles. The summed E-state index contributed by atoms with van der Waals surface area (Å²) in [6, 6.07) is 11.7. The number of aryl methyl sites for hydroxylation is 1. The van der Waals surface area contributed by atoms with Crippen LogP contribution in [0.4, 0.5) is 5.82 Å². The van der Waals surface area contributed by atoms with Crippen molar-refractivity contribution in [2.24, 2.45) is 0 Å². The Morgan fingerprint density at radius 3 is 2.76 bits per heavy atom. The van der Waals surface area contributed by atoms with Gasteiger partial charge in [-0.25, -0.2) is 4.98 Å². The van der Waals surface area contributed by atoms with Gasteiger partial charge in [0.25, 0.3) is 0 Å². The predicted octanol–water partition coefficient (Wildman–Crippen LogP) is 2.85. The van der Waals surface area contributed by atoms with E-state index in [4.69, 9.17) is 5.41 Å². The van der Waals surface area contributed by atoms with E-state index in [0.29, 0.717) is 5.71 Å². The summed E-state index contributed by atoms with van der Waals surface area (Å²) in [6.07, 6.45) is 1.72. The quantitative estimate of drug-likeness (QED) is 0.789.